The van der Waals surface area contributed by atoms with Gasteiger partial charge >= 0.3 is 18.1 Å². The quantitative estimate of drug-likeness (QED) is 0.211. The van der Waals surface area contributed by atoms with Crippen LogP contribution in [0.15, 0.2) is 36.4 Å². The van der Waals surface area contributed by atoms with Gasteiger partial charge in [-0.1, -0.05) is 48.1 Å². The van der Waals surface area contributed by atoms with Crippen LogP contribution in [-0.4, -0.2) is 52.4 Å². The van der Waals surface area contributed by atoms with Crippen LogP contribution in [0.4, 0.5) is 13.2 Å². The highest BCUT2D eigenvalue weighted by molar-refractivity contribution is 7.17. The van der Waals surface area contributed by atoms with Crippen molar-refractivity contribution in [2.24, 2.45) is 5.92 Å². The molecule has 0 N–H and O–H groups in total. The summed E-state index contributed by atoms with van der Waals surface area (Å²) in [5.41, 5.74) is 4.06. The number of esters is 2. The third kappa shape index (κ3) is 7.18. The molecule has 1 saturated heterocycles. The van der Waals surface area contributed by atoms with Gasteiger partial charge < -0.3 is 9.47 Å². The molecule has 0 spiro atoms. The van der Waals surface area contributed by atoms with Gasteiger partial charge in [0.2, 0.25) is 0 Å². The van der Waals surface area contributed by atoms with Gasteiger partial charge in [0.05, 0.1) is 17.0 Å². The number of hydrogen-bond acceptors (Lipinski definition) is 8. The second-order valence-corrected chi connectivity index (χ2v) is 11.2. The van der Waals surface area contributed by atoms with Crippen molar-refractivity contribution in [2.45, 2.75) is 58.9 Å². The van der Waals surface area contributed by atoms with E-state index in [2.05, 4.69) is 26.8 Å². The Hall–Kier alpha value is -3.02. The summed E-state index contributed by atoms with van der Waals surface area (Å²) >= 11 is 7.88. The molecule has 7 nitrogen and oxygen atoms in total. The number of carbonyl (C=O) groups excluding carboxylic acids is 2. The van der Waals surface area contributed by atoms with E-state index in [-0.39, 0.29) is 6.10 Å². The first-order valence-corrected chi connectivity index (χ1v) is 14.1. The van der Waals surface area contributed by atoms with E-state index in [0.29, 0.717) is 43.2 Å². The summed E-state index contributed by atoms with van der Waals surface area (Å²) in [6, 6.07) is 11.6. The van der Waals surface area contributed by atoms with Gasteiger partial charge in [0, 0.05) is 17.7 Å². The Morgan fingerprint density at radius 1 is 1.12 bits per heavy atom. The van der Waals surface area contributed by atoms with Crippen LogP contribution in [-0.2, 0) is 27.3 Å². The van der Waals surface area contributed by atoms with E-state index in [4.69, 9.17) is 16.3 Å². The third-order valence-electron chi connectivity index (χ3n) is 6.56. The number of carbonyl (C=O) groups is 2. The molecule has 0 amide bonds. The maximum absolute atomic E-state index is 12.4. The molecule has 0 bridgehead atoms. The van der Waals surface area contributed by atoms with Crippen LogP contribution < -0.4 is 4.74 Å². The lowest BCUT2D eigenvalue weighted by molar-refractivity contribution is -0.203. The molecule has 40 heavy (non-hydrogen) atoms. The summed E-state index contributed by atoms with van der Waals surface area (Å²) in [5, 5.41) is 10.9. The van der Waals surface area contributed by atoms with Crippen LogP contribution in [0.2, 0.25) is 5.02 Å². The molecule has 0 radical (unpaired) electrons. The van der Waals surface area contributed by atoms with Crippen molar-refractivity contribution >= 4 is 34.9 Å². The van der Waals surface area contributed by atoms with Gasteiger partial charge in [-0.05, 0) is 75.5 Å². The zero-order valence-electron chi connectivity index (χ0n) is 22.3. The Labute approximate surface area is 239 Å². The van der Waals surface area contributed by atoms with Gasteiger partial charge in [-0.2, -0.15) is 13.2 Å². The first-order chi connectivity index (χ1) is 19.0. The number of benzene rings is 2. The van der Waals surface area contributed by atoms with E-state index in [1.807, 2.05) is 50.2 Å². The first-order valence-electron chi connectivity index (χ1n) is 12.9. The molecule has 0 aliphatic carbocycles. The number of likely N-dealkylation sites (tertiary alicyclic amines) is 1. The largest absolute Gasteiger partial charge is 0.491 e. The minimum absolute atomic E-state index is 0.00744. The van der Waals surface area contributed by atoms with Gasteiger partial charge in [-0.25, -0.2) is 4.79 Å². The molecular formula is C28H29ClF3N3O4S. The van der Waals surface area contributed by atoms with Crippen molar-refractivity contribution < 1.29 is 32.2 Å². The predicted octanol–water partition coefficient (Wildman–Crippen LogP) is 6.72. The van der Waals surface area contributed by atoms with E-state index in [0.717, 1.165) is 38.7 Å². The summed E-state index contributed by atoms with van der Waals surface area (Å²) < 4.78 is 47.0. The lowest BCUT2D eigenvalue weighted by atomic mass is 9.95. The fourth-order valence-corrected chi connectivity index (χ4v) is 5.75. The third-order valence-corrected chi connectivity index (χ3v) is 7.86. The maximum Gasteiger partial charge on any atom is 0.491 e. The number of rotatable bonds is 8. The predicted molar refractivity (Wildman–Crippen MR) is 146 cm³/mol. The lowest BCUT2D eigenvalue weighted by Gasteiger charge is -2.31. The highest BCUT2D eigenvalue weighted by Gasteiger charge is 2.43. The van der Waals surface area contributed by atoms with Crippen LogP contribution in [0.5, 0.6) is 5.75 Å². The lowest BCUT2D eigenvalue weighted by Crippen LogP contribution is -2.38. The number of nitrogens with zero attached hydrogens (tertiary/aromatic N) is 3. The van der Waals surface area contributed by atoms with Crippen LogP contribution in [0, 0.1) is 5.92 Å². The minimum atomic E-state index is -5.19. The summed E-state index contributed by atoms with van der Waals surface area (Å²) in [7, 11) is 0. The Morgan fingerprint density at radius 2 is 1.82 bits per heavy atom. The van der Waals surface area contributed by atoms with Crippen molar-refractivity contribution in [3.63, 3.8) is 0 Å². The monoisotopic (exact) mass is 595 g/mol. The Bertz CT molecular complexity index is 1370. The number of halogens is 4. The standard InChI is InChI=1S/C28H29ClF3N3O4S/c1-4-20-19(15-35-12-10-17(11-13-35)26(36)39-27(37)28(30,31)32)6-5-7-21(20)25-34-33-24(40-25)18-8-9-23(22(29)14-18)38-16(2)3/h5-9,14,16-17H,4,10-13,15H2,1-3H3. The van der Waals surface area contributed by atoms with Crippen molar-refractivity contribution in [3.05, 3.63) is 52.5 Å². The van der Waals surface area contributed by atoms with E-state index in [1.165, 1.54) is 11.3 Å². The molecule has 3 aromatic rings. The zero-order valence-corrected chi connectivity index (χ0v) is 23.8. The highest BCUT2D eigenvalue weighted by Crippen LogP contribution is 2.36. The Morgan fingerprint density at radius 3 is 2.45 bits per heavy atom. The van der Waals surface area contributed by atoms with Crippen molar-refractivity contribution in [2.75, 3.05) is 13.1 Å². The molecule has 0 saturated carbocycles. The first kappa shape index (κ1) is 30.0. The van der Waals surface area contributed by atoms with Crippen molar-refractivity contribution in [1.82, 2.24) is 15.1 Å². The molecule has 12 heteroatoms. The zero-order chi connectivity index (χ0) is 29.0. The van der Waals surface area contributed by atoms with Crippen LogP contribution in [0.3, 0.4) is 0 Å². The van der Waals surface area contributed by atoms with Crippen molar-refractivity contribution in [3.8, 4) is 26.9 Å². The van der Waals surface area contributed by atoms with Crippen LogP contribution in [0.1, 0.15) is 44.7 Å². The van der Waals surface area contributed by atoms with Crippen molar-refractivity contribution in [1.29, 1.82) is 0 Å². The number of alkyl halides is 3. The number of hydrogen-bond donors (Lipinski definition) is 0. The molecule has 2 heterocycles. The van der Waals surface area contributed by atoms with E-state index in [9.17, 15) is 22.8 Å². The summed E-state index contributed by atoms with van der Waals surface area (Å²) in [6.45, 7) is 7.53. The number of piperidine rings is 1. The molecule has 1 fully saturated rings. The Kier molecular flexibility index (Phi) is 9.48. The summed E-state index contributed by atoms with van der Waals surface area (Å²) in [4.78, 5) is 25.1. The molecule has 2 aromatic carbocycles. The Balaban J connectivity index is 1.44. The van der Waals surface area contributed by atoms with Crippen LogP contribution >= 0.6 is 22.9 Å². The molecule has 1 aromatic heterocycles. The topological polar surface area (TPSA) is 81.6 Å². The molecule has 0 unspecified atom stereocenters. The number of ether oxygens (including phenoxy) is 2. The van der Waals surface area contributed by atoms with Crippen LogP contribution in [0.25, 0.3) is 21.1 Å². The SMILES string of the molecule is CCc1c(CN2CCC(C(=O)OC(=O)C(F)(F)F)CC2)cccc1-c1nnc(-c2ccc(OC(C)C)c(Cl)c2)s1. The van der Waals surface area contributed by atoms with E-state index in [1.54, 1.807) is 0 Å². The van der Waals surface area contributed by atoms with Gasteiger partial charge in [-0.3, -0.25) is 9.69 Å². The second-order valence-electron chi connectivity index (χ2n) is 9.78. The average molecular weight is 596 g/mol. The maximum atomic E-state index is 12.4. The second kappa shape index (κ2) is 12.7. The normalized spacial score (nSPS) is 14.9. The van der Waals surface area contributed by atoms with E-state index < -0.39 is 24.0 Å². The average Bonchev–Trinajstić information content (AvgIpc) is 3.39. The molecular weight excluding hydrogens is 567 g/mol. The molecule has 214 valence electrons. The molecule has 1 aliphatic rings. The molecule has 4 rings (SSSR count). The smallest absolute Gasteiger partial charge is 0.489 e. The van der Waals surface area contributed by atoms with Gasteiger partial charge in [0.1, 0.15) is 15.8 Å². The fourth-order valence-electron chi connectivity index (χ4n) is 4.63. The minimum Gasteiger partial charge on any atom is -0.489 e. The van der Waals surface area contributed by atoms with Gasteiger partial charge in [-0.15, -0.1) is 10.2 Å². The molecule has 1 aliphatic heterocycles. The summed E-state index contributed by atoms with van der Waals surface area (Å²) in [5.74, 6) is -3.71. The van der Waals surface area contributed by atoms with Gasteiger partial charge in [0.15, 0.2) is 0 Å². The van der Waals surface area contributed by atoms with Gasteiger partial charge in [0.25, 0.3) is 0 Å². The summed E-state index contributed by atoms with van der Waals surface area (Å²) in [6.07, 6.45) is -3.79. The fraction of sp³-hybridized carbons (Fsp3) is 0.429. The number of aromatic nitrogens is 2. The molecule has 0 atom stereocenters. The van der Waals surface area contributed by atoms with E-state index >= 15 is 0 Å². The highest BCUT2D eigenvalue weighted by atomic mass is 35.5.